The first kappa shape index (κ1) is 23.4. The van der Waals surface area contributed by atoms with E-state index in [9.17, 15) is 0 Å². The van der Waals surface area contributed by atoms with Gasteiger partial charge in [-0.2, -0.15) is 0 Å². The first-order valence-corrected chi connectivity index (χ1v) is 8.76. The van der Waals surface area contributed by atoms with Gasteiger partial charge in [0, 0.05) is 5.41 Å². The standard InChI is InChI=1S/C19H24.2C2H6/c1-7-12-16-14-13-15(8-2)17(9-3)19(6,11-5)18(16)10-4;2*1-2/h7-10,12-14H,2-4,11H2,1,5-6H3;2*1-2H3/b12-7-;;. The van der Waals surface area contributed by atoms with E-state index < -0.39 is 0 Å². The monoisotopic (exact) mass is 312 g/mol. The Morgan fingerprint density at radius 3 is 1.65 bits per heavy atom. The highest BCUT2D eigenvalue weighted by Crippen LogP contribution is 2.45. The fraction of sp³-hybridized carbons (Fsp3) is 0.391. The lowest BCUT2D eigenvalue weighted by molar-refractivity contribution is 0.480. The van der Waals surface area contributed by atoms with Crippen LogP contribution in [0.2, 0.25) is 0 Å². The number of hydrogen-bond acceptors (Lipinski definition) is 0. The molecule has 0 aromatic heterocycles. The number of hydrogen-bond donors (Lipinski definition) is 0. The Bertz CT molecular complexity index is 506. The summed E-state index contributed by atoms with van der Waals surface area (Å²) >= 11 is 0. The molecule has 1 aliphatic rings. The SMILES string of the molecule is C=CC1=C(C=C)C(C)(CC)C(C=C)=C(/C=C\C)C=C1.CC.CC. The van der Waals surface area contributed by atoms with Crippen molar-refractivity contribution in [2.45, 2.75) is 54.9 Å². The Morgan fingerprint density at radius 2 is 1.30 bits per heavy atom. The van der Waals surface area contributed by atoms with E-state index in [0.29, 0.717) is 0 Å². The van der Waals surface area contributed by atoms with Gasteiger partial charge in [0.05, 0.1) is 0 Å². The molecule has 1 atom stereocenters. The van der Waals surface area contributed by atoms with Crippen LogP contribution in [0, 0.1) is 5.41 Å². The molecule has 0 fully saturated rings. The van der Waals surface area contributed by atoms with Crippen molar-refractivity contribution in [1.82, 2.24) is 0 Å². The first-order chi connectivity index (χ1) is 11.1. The van der Waals surface area contributed by atoms with Gasteiger partial charge in [0.25, 0.3) is 0 Å². The average Bonchev–Trinajstić information content (AvgIpc) is 2.72. The maximum Gasteiger partial charge on any atom is 0.0183 e. The van der Waals surface area contributed by atoms with Gasteiger partial charge in [-0.25, -0.2) is 0 Å². The molecule has 23 heavy (non-hydrogen) atoms. The number of allylic oxidation sites excluding steroid dienone is 11. The summed E-state index contributed by atoms with van der Waals surface area (Å²) in [6, 6.07) is 0. The Morgan fingerprint density at radius 1 is 0.870 bits per heavy atom. The summed E-state index contributed by atoms with van der Waals surface area (Å²) in [5.41, 5.74) is 4.73. The van der Waals surface area contributed by atoms with E-state index in [-0.39, 0.29) is 5.41 Å². The summed E-state index contributed by atoms with van der Waals surface area (Å²) in [4.78, 5) is 0. The van der Waals surface area contributed by atoms with Crippen molar-refractivity contribution in [2.24, 2.45) is 5.41 Å². The second-order valence-electron chi connectivity index (χ2n) is 4.87. The lowest BCUT2D eigenvalue weighted by Gasteiger charge is -2.33. The van der Waals surface area contributed by atoms with E-state index in [1.807, 2.05) is 52.8 Å². The second-order valence-corrected chi connectivity index (χ2v) is 4.87. The van der Waals surface area contributed by atoms with Crippen LogP contribution in [0.1, 0.15) is 54.9 Å². The summed E-state index contributed by atoms with van der Waals surface area (Å²) in [6.07, 6.45) is 15.3. The normalized spacial score (nSPS) is 20.1. The zero-order valence-corrected chi connectivity index (χ0v) is 16.4. The van der Waals surface area contributed by atoms with Gasteiger partial charge in [0.15, 0.2) is 0 Å². The van der Waals surface area contributed by atoms with Crippen LogP contribution >= 0.6 is 0 Å². The third-order valence-corrected chi connectivity index (χ3v) is 3.93. The molecule has 0 saturated carbocycles. The van der Waals surface area contributed by atoms with Crippen LogP contribution < -0.4 is 0 Å². The van der Waals surface area contributed by atoms with E-state index in [0.717, 1.165) is 12.0 Å². The minimum atomic E-state index is -0.0780. The van der Waals surface area contributed by atoms with Gasteiger partial charge >= 0.3 is 0 Å². The minimum absolute atomic E-state index is 0.0780. The van der Waals surface area contributed by atoms with Crippen LogP contribution in [0.15, 0.2) is 84.6 Å². The molecule has 0 spiro atoms. The van der Waals surface area contributed by atoms with Gasteiger partial charge in [-0.1, -0.05) is 104 Å². The third-order valence-electron chi connectivity index (χ3n) is 3.93. The third kappa shape index (κ3) is 5.39. The quantitative estimate of drug-likeness (QED) is 0.486. The molecule has 0 amide bonds. The predicted molar refractivity (Wildman–Crippen MR) is 110 cm³/mol. The minimum Gasteiger partial charge on any atom is -0.0987 e. The Labute approximate surface area is 145 Å². The smallest absolute Gasteiger partial charge is 0.0183 e. The topological polar surface area (TPSA) is 0 Å². The molecular weight excluding hydrogens is 276 g/mol. The van der Waals surface area contributed by atoms with E-state index in [4.69, 9.17) is 0 Å². The van der Waals surface area contributed by atoms with E-state index in [1.165, 1.54) is 16.7 Å². The molecule has 0 nitrogen and oxygen atoms in total. The van der Waals surface area contributed by atoms with Crippen molar-refractivity contribution in [3.8, 4) is 0 Å². The van der Waals surface area contributed by atoms with Gasteiger partial charge in [-0.05, 0) is 35.6 Å². The highest BCUT2D eigenvalue weighted by molar-refractivity contribution is 5.57. The van der Waals surface area contributed by atoms with Crippen molar-refractivity contribution < 1.29 is 0 Å². The van der Waals surface area contributed by atoms with Crippen molar-refractivity contribution in [3.63, 3.8) is 0 Å². The molecular formula is C23H36. The number of rotatable bonds is 5. The first-order valence-electron chi connectivity index (χ1n) is 8.76. The molecule has 0 aromatic carbocycles. The van der Waals surface area contributed by atoms with Crippen molar-refractivity contribution >= 4 is 0 Å². The summed E-state index contributed by atoms with van der Waals surface area (Å²) in [6.45, 7) is 26.4. The zero-order chi connectivity index (χ0) is 18.5. The average molecular weight is 313 g/mol. The lowest BCUT2D eigenvalue weighted by atomic mass is 9.71. The van der Waals surface area contributed by atoms with Gasteiger partial charge in [0.2, 0.25) is 0 Å². The van der Waals surface area contributed by atoms with Gasteiger partial charge < -0.3 is 0 Å². The Hall–Kier alpha value is -1.82. The molecule has 1 unspecified atom stereocenters. The van der Waals surface area contributed by atoms with Crippen LogP contribution in [0.5, 0.6) is 0 Å². The molecule has 0 saturated heterocycles. The maximum atomic E-state index is 4.01. The summed E-state index contributed by atoms with van der Waals surface area (Å²) in [7, 11) is 0. The van der Waals surface area contributed by atoms with E-state index in [2.05, 4.69) is 57.9 Å². The molecule has 0 heteroatoms. The summed E-state index contributed by atoms with van der Waals surface area (Å²) < 4.78 is 0. The van der Waals surface area contributed by atoms with E-state index >= 15 is 0 Å². The molecule has 0 N–H and O–H groups in total. The fourth-order valence-corrected chi connectivity index (χ4v) is 2.71. The Kier molecular flexibility index (Phi) is 12.9. The molecule has 0 heterocycles. The van der Waals surface area contributed by atoms with Gasteiger partial charge in [-0.3, -0.25) is 0 Å². The molecule has 128 valence electrons. The highest BCUT2D eigenvalue weighted by atomic mass is 14.4. The highest BCUT2D eigenvalue weighted by Gasteiger charge is 2.32. The van der Waals surface area contributed by atoms with Gasteiger partial charge in [-0.15, -0.1) is 0 Å². The molecule has 0 aromatic rings. The van der Waals surface area contributed by atoms with Crippen LogP contribution in [0.3, 0.4) is 0 Å². The van der Waals surface area contributed by atoms with Crippen LogP contribution in [0.4, 0.5) is 0 Å². The molecule has 1 aliphatic carbocycles. The molecule has 0 aliphatic heterocycles. The zero-order valence-electron chi connectivity index (χ0n) is 16.4. The van der Waals surface area contributed by atoms with Gasteiger partial charge in [0.1, 0.15) is 0 Å². The molecule has 1 rings (SSSR count). The van der Waals surface area contributed by atoms with Crippen molar-refractivity contribution in [1.29, 1.82) is 0 Å². The van der Waals surface area contributed by atoms with Crippen LogP contribution in [-0.4, -0.2) is 0 Å². The largest absolute Gasteiger partial charge is 0.0987 e. The van der Waals surface area contributed by atoms with Crippen molar-refractivity contribution in [3.05, 3.63) is 84.6 Å². The Balaban J connectivity index is 0. The van der Waals surface area contributed by atoms with Crippen LogP contribution in [-0.2, 0) is 0 Å². The van der Waals surface area contributed by atoms with Crippen molar-refractivity contribution in [2.75, 3.05) is 0 Å². The van der Waals surface area contributed by atoms with Crippen LogP contribution in [0.25, 0.3) is 0 Å². The lowest BCUT2D eigenvalue weighted by Crippen LogP contribution is -2.21. The molecule has 0 radical (unpaired) electrons. The summed E-state index contributed by atoms with van der Waals surface area (Å²) in [5.74, 6) is 0. The predicted octanol–water partition coefficient (Wildman–Crippen LogP) is 7.75. The summed E-state index contributed by atoms with van der Waals surface area (Å²) in [5, 5.41) is 0. The molecule has 0 bridgehead atoms. The fourth-order valence-electron chi connectivity index (χ4n) is 2.71. The van der Waals surface area contributed by atoms with E-state index in [1.54, 1.807) is 0 Å². The maximum absolute atomic E-state index is 4.01. The second kappa shape index (κ2) is 12.7.